The molecule has 0 radical (unpaired) electrons. The van der Waals surface area contributed by atoms with E-state index in [9.17, 15) is 0 Å². The third kappa shape index (κ3) is 2.14. The van der Waals surface area contributed by atoms with Gasteiger partial charge in [0.15, 0.2) is 0 Å². The number of aromatic nitrogens is 1. The second-order valence-corrected chi connectivity index (χ2v) is 5.84. The Morgan fingerprint density at radius 1 is 1.33 bits per heavy atom. The van der Waals surface area contributed by atoms with Crippen LogP contribution in [0.25, 0.3) is 0 Å². The van der Waals surface area contributed by atoms with E-state index in [1.165, 1.54) is 55.5 Å². The molecular weight excluding hydrogens is 220 g/mol. The number of allylic oxidation sites excluding steroid dienone is 2. The van der Waals surface area contributed by atoms with Gasteiger partial charge in [0.2, 0.25) is 0 Å². The van der Waals surface area contributed by atoms with Crippen LogP contribution in [0.1, 0.15) is 61.5 Å². The molecular formula is C16H24N2. The summed E-state index contributed by atoms with van der Waals surface area (Å²) < 4.78 is 2.52. The van der Waals surface area contributed by atoms with Gasteiger partial charge in [0.1, 0.15) is 0 Å². The molecule has 1 unspecified atom stereocenters. The van der Waals surface area contributed by atoms with Gasteiger partial charge in [-0.05, 0) is 63.5 Å². The molecule has 0 fully saturated rings. The van der Waals surface area contributed by atoms with Crippen molar-refractivity contribution in [1.29, 1.82) is 0 Å². The van der Waals surface area contributed by atoms with E-state index in [0.29, 0.717) is 0 Å². The predicted molar refractivity (Wildman–Crippen MR) is 75.6 cm³/mol. The van der Waals surface area contributed by atoms with E-state index in [4.69, 9.17) is 5.73 Å². The highest BCUT2D eigenvalue weighted by Gasteiger charge is 2.22. The molecule has 1 heterocycles. The van der Waals surface area contributed by atoms with Crippen LogP contribution in [0.3, 0.4) is 0 Å². The molecule has 0 aromatic carbocycles. The third-order valence-electron chi connectivity index (χ3n) is 4.57. The minimum atomic E-state index is 0.277. The van der Waals surface area contributed by atoms with Gasteiger partial charge in [0, 0.05) is 24.0 Å². The molecule has 0 amide bonds. The first-order valence-corrected chi connectivity index (χ1v) is 7.38. The molecule has 2 aliphatic rings. The van der Waals surface area contributed by atoms with E-state index in [2.05, 4.69) is 23.6 Å². The smallest absolute Gasteiger partial charge is 0.0313 e. The Bertz CT molecular complexity index is 468. The van der Waals surface area contributed by atoms with Gasteiger partial charge >= 0.3 is 0 Å². The van der Waals surface area contributed by atoms with Crippen LogP contribution in [0, 0.1) is 6.92 Å². The van der Waals surface area contributed by atoms with Gasteiger partial charge in [-0.25, -0.2) is 0 Å². The van der Waals surface area contributed by atoms with E-state index >= 15 is 0 Å². The number of rotatable bonds is 3. The van der Waals surface area contributed by atoms with Gasteiger partial charge in [0.25, 0.3) is 0 Å². The second kappa shape index (κ2) is 4.93. The molecule has 2 heteroatoms. The van der Waals surface area contributed by atoms with E-state index in [0.717, 1.165) is 13.0 Å². The highest BCUT2D eigenvalue weighted by Crippen LogP contribution is 2.31. The summed E-state index contributed by atoms with van der Waals surface area (Å²) in [6.07, 6.45) is 11.3. The first kappa shape index (κ1) is 12.0. The molecule has 0 saturated heterocycles. The predicted octanol–water partition coefficient (Wildman–Crippen LogP) is 3.63. The average molecular weight is 244 g/mol. The van der Waals surface area contributed by atoms with Crippen LogP contribution in [-0.2, 0) is 13.0 Å². The van der Waals surface area contributed by atoms with Crippen molar-refractivity contribution in [3.63, 3.8) is 0 Å². The summed E-state index contributed by atoms with van der Waals surface area (Å²) in [6.45, 7) is 3.38. The maximum absolute atomic E-state index is 6.22. The summed E-state index contributed by atoms with van der Waals surface area (Å²) in [5.74, 6) is 0. The first-order valence-electron chi connectivity index (χ1n) is 7.38. The van der Waals surface area contributed by atoms with Crippen molar-refractivity contribution in [2.24, 2.45) is 5.73 Å². The summed E-state index contributed by atoms with van der Waals surface area (Å²) in [7, 11) is 0. The first-order chi connectivity index (χ1) is 8.75. The maximum atomic E-state index is 6.22. The zero-order valence-electron chi connectivity index (χ0n) is 11.4. The van der Waals surface area contributed by atoms with Crippen molar-refractivity contribution in [2.45, 2.75) is 64.5 Å². The average Bonchev–Trinajstić information content (AvgIpc) is 2.95. The van der Waals surface area contributed by atoms with Crippen LogP contribution in [0.15, 0.2) is 17.7 Å². The highest BCUT2D eigenvalue weighted by atomic mass is 15.0. The van der Waals surface area contributed by atoms with Crippen LogP contribution in [-0.4, -0.2) is 4.57 Å². The van der Waals surface area contributed by atoms with Crippen LogP contribution in [0.2, 0.25) is 0 Å². The van der Waals surface area contributed by atoms with Gasteiger partial charge in [-0.3, -0.25) is 0 Å². The lowest BCUT2D eigenvalue weighted by Crippen LogP contribution is -2.18. The van der Waals surface area contributed by atoms with E-state index in [1.54, 1.807) is 5.57 Å². The van der Waals surface area contributed by atoms with Crippen LogP contribution in [0.5, 0.6) is 0 Å². The number of hydrogen-bond donors (Lipinski definition) is 1. The Balaban J connectivity index is 1.79. The number of aryl methyl sites for hydroxylation is 1. The van der Waals surface area contributed by atoms with Crippen LogP contribution < -0.4 is 5.73 Å². The Morgan fingerprint density at radius 3 is 3.00 bits per heavy atom. The monoisotopic (exact) mass is 244 g/mol. The lowest BCUT2D eigenvalue weighted by molar-refractivity contribution is 0.535. The fourth-order valence-corrected chi connectivity index (χ4v) is 3.53. The normalized spacial score (nSPS) is 23.0. The minimum Gasteiger partial charge on any atom is -0.348 e. The lowest BCUT2D eigenvalue weighted by Gasteiger charge is -2.21. The molecule has 2 nitrogen and oxygen atoms in total. The maximum Gasteiger partial charge on any atom is 0.0313 e. The Morgan fingerprint density at radius 2 is 2.22 bits per heavy atom. The molecule has 2 aliphatic carbocycles. The Hall–Kier alpha value is -1.02. The molecule has 0 spiro atoms. The number of hydrogen-bond acceptors (Lipinski definition) is 1. The molecule has 1 aromatic heterocycles. The SMILES string of the molecule is Cc1cc2c(n1CCC1=CCCC1)CCCC2N. The number of nitrogens with zero attached hydrogens (tertiary/aromatic N) is 1. The zero-order chi connectivity index (χ0) is 12.5. The van der Waals surface area contributed by atoms with Gasteiger partial charge in [-0.15, -0.1) is 0 Å². The lowest BCUT2D eigenvalue weighted by atomic mass is 9.93. The van der Waals surface area contributed by atoms with Crippen LogP contribution in [0.4, 0.5) is 0 Å². The molecule has 98 valence electrons. The summed E-state index contributed by atoms with van der Waals surface area (Å²) in [6, 6.07) is 2.60. The van der Waals surface area contributed by atoms with Crippen molar-refractivity contribution in [1.82, 2.24) is 4.57 Å². The standard InChI is InChI=1S/C16H24N2/c1-12-11-14-15(17)7-4-8-16(14)18(12)10-9-13-5-2-3-6-13/h5,11,15H,2-4,6-10,17H2,1H3. The van der Waals surface area contributed by atoms with Crippen LogP contribution >= 0.6 is 0 Å². The van der Waals surface area contributed by atoms with Crippen molar-refractivity contribution >= 4 is 0 Å². The number of fused-ring (bicyclic) bond motifs is 1. The fourth-order valence-electron chi connectivity index (χ4n) is 3.53. The van der Waals surface area contributed by atoms with Crippen molar-refractivity contribution < 1.29 is 0 Å². The summed E-state index contributed by atoms with van der Waals surface area (Å²) in [5.41, 5.74) is 12.2. The number of nitrogens with two attached hydrogens (primary N) is 1. The Labute approximate surface area is 110 Å². The minimum absolute atomic E-state index is 0.277. The second-order valence-electron chi connectivity index (χ2n) is 5.84. The summed E-state index contributed by atoms with van der Waals surface area (Å²) in [5, 5.41) is 0. The van der Waals surface area contributed by atoms with Crippen molar-refractivity contribution in [3.05, 3.63) is 34.7 Å². The van der Waals surface area contributed by atoms with Gasteiger partial charge < -0.3 is 10.3 Å². The fraction of sp³-hybridized carbons (Fsp3) is 0.625. The van der Waals surface area contributed by atoms with E-state index in [1.807, 2.05) is 0 Å². The molecule has 0 saturated carbocycles. The third-order valence-corrected chi connectivity index (χ3v) is 4.57. The molecule has 2 N–H and O–H groups in total. The zero-order valence-corrected chi connectivity index (χ0v) is 11.4. The molecule has 1 atom stereocenters. The quantitative estimate of drug-likeness (QED) is 0.809. The van der Waals surface area contributed by atoms with Gasteiger partial charge in [-0.1, -0.05) is 11.6 Å². The van der Waals surface area contributed by atoms with Crippen molar-refractivity contribution in [3.8, 4) is 0 Å². The topological polar surface area (TPSA) is 30.9 Å². The molecule has 0 aliphatic heterocycles. The van der Waals surface area contributed by atoms with Crippen molar-refractivity contribution in [2.75, 3.05) is 0 Å². The molecule has 0 bridgehead atoms. The molecule has 1 aromatic rings. The molecule has 3 rings (SSSR count). The summed E-state index contributed by atoms with van der Waals surface area (Å²) >= 11 is 0. The largest absolute Gasteiger partial charge is 0.348 e. The van der Waals surface area contributed by atoms with Gasteiger partial charge in [0.05, 0.1) is 0 Å². The van der Waals surface area contributed by atoms with E-state index in [-0.39, 0.29) is 6.04 Å². The summed E-state index contributed by atoms with van der Waals surface area (Å²) in [4.78, 5) is 0. The molecule has 18 heavy (non-hydrogen) atoms. The Kier molecular flexibility index (Phi) is 3.29. The van der Waals surface area contributed by atoms with E-state index < -0.39 is 0 Å². The highest BCUT2D eigenvalue weighted by molar-refractivity contribution is 5.32. The van der Waals surface area contributed by atoms with Gasteiger partial charge in [-0.2, -0.15) is 0 Å².